The largest absolute Gasteiger partial charge is 0.497 e. The van der Waals surface area contributed by atoms with Gasteiger partial charge >= 0.3 is 5.97 Å². The molecule has 0 unspecified atom stereocenters. The average molecular weight is 391 g/mol. The number of esters is 1. The van der Waals surface area contributed by atoms with E-state index in [0.717, 1.165) is 11.3 Å². The number of hydrogen-bond donors (Lipinski definition) is 3. The number of methoxy groups -OCH3 is 1. The Morgan fingerprint density at radius 2 is 1.89 bits per heavy atom. The van der Waals surface area contributed by atoms with Gasteiger partial charge in [0.2, 0.25) is 11.8 Å². The topological polar surface area (TPSA) is 117 Å². The minimum Gasteiger partial charge on any atom is -0.497 e. The number of piperazine rings is 1. The summed E-state index contributed by atoms with van der Waals surface area (Å²) in [6.07, 6.45) is -0.797. The first-order valence-electron chi connectivity index (χ1n) is 9.23. The summed E-state index contributed by atoms with van der Waals surface area (Å²) in [5.74, 6) is -0.457. The quantitative estimate of drug-likeness (QED) is 0.393. The summed E-state index contributed by atoms with van der Waals surface area (Å²) in [6.45, 7) is 0.746. The lowest BCUT2D eigenvalue weighted by molar-refractivity contribution is -0.155. The molecule has 28 heavy (non-hydrogen) atoms. The molecule has 2 fully saturated rings. The highest BCUT2D eigenvalue weighted by Crippen LogP contribution is 2.19. The van der Waals surface area contributed by atoms with Gasteiger partial charge in [0.15, 0.2) is 0 Å². The molecule has 1 aromatic carbocycles. The fourth-order valence-electron chi connectivity index (χ4n) is 3.45. The third-order valence-electron chi connectivity index (χ3n) is 4.89. The molecule has 3 N–H and O–H groups in total. The Balaban J connectivity index is 1.51. The minimum absolute atomic E-state index is 0.0407. The van der Waals surface area contributed by atoms with E-state index in [1.165, 1.54) is 0 Å². The molecule has 0 radical (unpaired) electrons. The van der Waals surface area contributed by atoms with E-state index >= 15 is 0 Å². The molecule has 0 spiro atoms. The van der Waals surface area contributed by atoms with Crippen molar-refractivity contribution in [2.24, 2.45) is 0 Å². The van der Waals surface area contributed by atoms with Gasteiger partial charge in [0.1, 0.15) is 18.0 Å². The third kappa shape index (κ3) is 5.28. The molecule has 0 aromatic heterocycles. The average Bonchev–Trinajstić information content (AvgIpc) is 3.00. The monoisotopic (exact) mass is 391 g/mol. The second kappa shape index (κ2) is 9.13. The Morgan fingerprint density at radius 1 is 1.21 bits per heavy atom. The van der Waals surface area contributed by atoms with Crippen LogP contribution in [-0.4, -0.2) is 79.3 Å². The van der Waals surface area contributed by atoms with E-state index in [1.54, 1.807) is 12.0 Å². The fourth-order valence-corrected chi connectivity index (χ4v) is 3.45. The lowest BCUT2D eigenvalue weighted by atomic mass is 10.0. The Labute approximate surface area is 163 Å². The van der Waals surface area contributed by atoms with Crippen LogP contribution in [0.2, 0.25) is 0 Å². The molecule has 2 saturated heterocycles. The SMILES string of the molecule is COc1ccc(C[C@H]2NC[C@H](O)[C@H]2OC(=O)CCN2CC(=O)NC(=O)C2)cc1. The fraction of sp³-hybridized carbons (Fsp3) is 0.526. The molecule has 2 aliphatic heterocycles. The summed E-state index contributed by atoms with van der Waals surface area (Å²) in [5, 5.41) is 15.6. The number of hydrogen-bond acceptors (Lipinski definition) is 8. The van der Waals surface area contributed by atoms with Crippen LogP contribution in [0.3, 0.4) is 0 Å². The molecule has 3 atom stereocenters. The maximum Gasteiger partial charge on any atom is 0.307 e. The number of imide groups is 1. The highest BCUT2D eigenvalue weighted by molar-refractivity contribution is 5.99. The number of amides is 2. The van der Waals surface area contributed by atoms with Crippen molar-refractivity contribution >= 4 is 17.8 Å². The standard InChI is InChI=1S/C19H25N3O6/c1-27-13-4-2-12(3-5-13)8-14-19(15(23)9-20-14)28-18(26)6-7-22-10-16(24)21-17(25)11-22/h2-5,14-15,19-20,23H,6-11H2,1H3,(H,21,24,25)/t14-,15+,19+/m1/s1. The molecule has 0 aliphatic carbocycles. The second-order valence-corrected chi connectivity index (χ2v) is 7.02. The first-order chi connectivity index (χ1) is 13.4. The lowest BCUT2D eigenvalue weighted by Crippen LogP contribution is -2.51. The molecule has 9 nitrogen and oxygen atoms in total. The van der Waals surface area contributed by atoms with Gasteiger partial charge in [0.05, 0.1) is 32.7 Å². The van der Waals surface area contributed by atoms with E-state index in [-0.39, 0.29) is 43.9 Å². The number of aliphatic hydroxyl groups is 1. The highest BCUT2D eigenvalue weighted by atomic mass is 16.6. The van der Waals surface area contributed by atoms with Gasteiger partial charge in [-0.15, -0.1) is 0 Å². The van der Waals surface area contributed by atoms with Gasteiger partial charge in [-0.2, -0.15) is 0 Å². The number of carbonyl (C=O) groups excluding carboxylic acids is 3. The Hall–Kier alpha value is -2.49. The normalized spacial score (nSPS) is 25.4. The van der Waals surface area contributed by atoms with E-state index < -0.39 is 18.2 Å². The van der Waals surface area contributed by atoms with Crippen molar-refractivity contribution < 1.29 is 29.0 Å². The molecule has 0 saturated carbocycles. The van der Waals surface area contributed by atoms with Gasteiger partial charge < -0.3 is 19.9 Å². The van der Waals surface area contributed by atoms with Crippen LogP contribution in [0.4, 0.5) is 0 Å². The second-order valence-electron chi connectivity index (χ2n) is 7.02. The van der Waals surface area contributed by atoms with E-state index in [2.05, 4.69) is 10.6 Å². The van der Waals surface area contributed by atoms with Gasteiger partial charge in [0, 0.05) is 13.1 Å². The smallest absolute Gasteiger partial charge is 0.307 e. The summed E-state index contributed by atoms with van der Waals surface area (Å²) < 4.78 is 10.7. The van der Waals surface area contributed by atoms with Gasteiger partial charge in [-0.05, 0) is 24.1 Å². The Morgan fingerprint density at radius 3 is 2.54 bits per heavy atom. The molecular weight excluding hydrogens is 366 g/mol. The van der Waals surface area contributed by atoms with Crippen molar-refractivity contribution in [1.82, 2.24) is 15.5 Å². The van der Waals surface area contributed by atoms with E-state index in [1.807, 2.05) is 24.3 Å². The van der Waals surface area contributed by atoms with Gasteiger partial charge in [-0.1, -0.05) is 12.1 Å². The highest BCUT2D eigenvalue weighted by Gasteiger charge is 2.37. The molecule has 2 heterocycles. The van der Waals surface area contributed by atoms with E-state index in [9.17, 15) is 19.5 Å². The summed E-state index contributed by atoms with van der Waals surface area (Å²) in [5.41, 5.74) is 1.03. The van der Waals surface area contributed by atoms with Crippen molar-refractivity contribution in [3.05, 3.63) is 29.8 Å². The number of carbonyl (C=O) groups is 3. The number of β-amino-alcohol motifs (C(OH)–C–C–N with tert-alkyl or cyclic N) is 1. The van der Waals surface area contributed by atoms with Crippen LogP contribution in [-0.2, 0) is 25.5 Å². The molecule has 2 amide bonds. The van der Waals surface area contributed by atoms with E-state index in [4.69, 9.17) is 9.47 Å². The van der Waals surface area contributed by atoms with Crippen molar-refractivity contribution in [3.63, 3.8) is 0 Å². The molecule has 2 aliphatic rings. The van der Waals surface area contributed by atoms with Crippen LogP contribution in [0.25, 0.3) is 0 Å². The van der Waals surface area contributed by atoms with Crippen molar-refractivity contribution in [3.8, 4) is 5.75 Å². The number of aliphatic hydroxyl groups excluding tert-OH is 1. The molecule has 152 valence electrons. The Bertz CT molecular complexity index is 707. The zero-order valence-electron chi connectivity index (χ0n) is 15.7. The zero-order chi connectivity index (χ0) is 20.1. The van der Waals surface area contributed by atoms with Crippen LogP contribution < -0.4 is 15.4 Å². The predicted octanol–water partition coefficient (Wildman–Crippen LogP) is -1.17. The summed E-state index contributed by atoms with van der Waals surface area (Å²) in [7, 11) is 1.60. The maximum atomic E-state index is 12.2. The van der Waals surface area contributed by atoms with Gasteiger partial charge in [-0.3, -0.25) is 24.6 Å². The Kier molecular flexibility index (Phi) is 6.61. The predicted molar refractivity (Wildman–Crippen MR) is 98.6 cm³/mol. The van der Waals surface area contributed by atoms with Crippen LogP contribution in [0.15, 0.2) is 24.3 Å². The van der Waals surface area contributed by atoms with Crippen LogP contribution in [0, 0.1) is 0 Å². The van der Waals surface area contributed by atoms with Crippen LogP contribution in [0.1, 0.15) is 12.0 Å². The number of benzene rings is 1. The van der Waals surface area contributed by atoms with Gasteiger partial charge in [0.25, 0.3) is 0 Å². The van der Waals surface area contributed by atoms with Crippen LogP contribution in [0.5, 0.6) is 5.75 Å². The van der Waals surface area contributed by atoms with Gasteiger partial charge in [-0.25, -0.2) is 0 Å². The zero-order valence-corrected chi connectivity index (χ0v) is 15.7. The van der Waals surface area contributed by atoms with E-state index in [0.29, 0.717) is 13.0 Å². The number of nitrogens with zero attached hydrogens (tertiary/aromatic N) is 1. The molecule has 9 heteroatoms. The first kappa shape index (κ1) is 20.2. The number of nitrogens with one attached hydrogen (secondary N) is 2. The van der Waals surface area contributed by atoms with Crippen molar-refractivity contribution in [2.75, 3.05) is 33.3 Å². The van der Waals surface area contributed by atoms with Crippen molar-refractivity contribution in [2.45, 2.75) is 31.1 Å². The number of ether oxygens (including phenoxy) is 2. The number of rotatable bonds is 7. The maximum absolute atomic E-state index is 12.2. The van der Waals surface area contributed by atoms with Crippen molar-refractivity contribution in [1.29, 1.82) is 0 Å². The molecule has 0 bridgehead atoms. The summed E-state index contributed by atoms with van der Waals surface area (Å²) in [4.78, 5) is 36.6. The third-order valence-corrected chi connectivity index (χ3v) is 4.89. The molecule has 3 rings (SSSR count). The minimum atomic E-state index is -0.783. The first-order valence-corrected chi connectivity index (χ1v) is 9.23. The summed E-state index contributed by atoms with van der Waals surface area (Å²) in [6, 6.07) is 7.38. The molecule has 1 aromatic rings. The van der Waals surface area contributed by atoms with Crippen LogP contribution >= 0.6 is 0 Å². The lowest BCUT2D eigenvalue weighted by Gasteiger charge is -2.26. The summed E-state index contributed by atoms with van der Waals surface area (Å²) >= 11 is 0. The molecular formula is C19H25N3O6.